The summed E-state index contributed by atoms with van der Waals surface area (Å²) in [6.45, 7) is 1.07. The van der Waals surface area contributed by atoms with Gasteiger partial charge in [-0.1, -0.05) is 48.5 Å². The molecule has 3 aromatic rings. The SMILES string of the molecule is O=C(CCn1cc(S(=O)(=O)N2CCCC2)ccc1=O)Nc1ccccc1-c1ccccc1. The number of carbonyl (C=O) groups is 1. The van der Waals surface area contributed by atoms with Gasteiger partial charge in [0, 0.05) is 49.6 Å². The van der Waals surface area contributed by atoms with Crippen LogP contribution in [0.25, 0.3) is 11.1 Å². The number of hydrogen-bond acceptors (Lipinski definition) is 4. The van der Waals surface area contributed by atoms with Crippen LogP contribution in [0.15, 0.2) is 82.6 Å². The summed E-state index contributed by atoms with van der Waals surface area (Å²) in [6.07, 6.45) is 3.05. The molecule has 0 unspecified atom stereocenters. The van der Waals surface area contributed by atoms with Crippen molar-refractivity contribution in [2.75, 3.05) is 18.4 Å². The number of para-hydroxylation sites is 1. The van der Waals surface area contributed by atoms with E-state index in [0.717, 1.165) is 24.0 Å². The summed E-state index contributed by atoms with van der Waals surface area (Å²) >= 11 is 0. The molecule has 166 valence electrons. The zero-order chi connectivity index (χ0) is 22.6. The molecule has 7 nitrogen and oxygen atoms in total. The molecule has 32 heavy (non-hydrogen) atoms. The molecular formula is C24H25N3O4S. The van der Waals surface area contributed by atoms with Gasteiger partial charge in [0.2, 0.25) is 15.9 Å². The van der Waals surface area contributed by atoms with Gasteiger partial charge in [-0.05, 0) is 30.5 Å². The highest BCUT2D eigenvalue weighted by molar-refractivity contribution is 7.89. The van der Waals surface area contributed by atoms with Crippen LogP contribution in [0.5, 0.6) is 0 Å². The number of pyridine rings is 1. The Kier molecular flexibility index (Phi) is 6.53. The molecule has 0 aliphatic carbocycles. The lowest BCUT2D eigenvalue weighted by molar-refractivity contribution is -0.116. The van der Waals surface area contributed by atoms with Gasteiger partial charge in [0.15, 0.2) is 0 Å². The average molecular weight is 452 g/mol. The first-order valence-electron chi connectivity index (χ1n) is 10.6. The minimum absolute atomic E-state index is 0.0379. The van der Waals surface area contributed by atoms with Gasteiger partial charge in [-0.3, -0.25) is 9.59 Å². The van der Waals surface area contributed by atoms with Crippen molar-refractivity contribution in [3.8, 4) is 11.1 Å². The smallest absolute Gasteiger partial charge is 0.250 e. The van der Waals surface area contributed by atoms with Gasteiger partial charge in [0.25, 0.3) is 5.56 Å². The van der Waals surface area contributed by atoms with Crippen LogP contribution in [0.2, 0.25) is 0 Å². The summed E-state index contributed by atoms with van der Waals surface area (Å²) in [5.74, 6) is -0.256. The third-order valence-electron chi connectivity index (χ3n) is 5.52. The number of nitrogens with one attached hydrogen (secondary N) is 1. The topological polar surface area (TPSA) is 88.5 Å². The second-order valence-corrected chi connectivity index (χ2v) is 9.66. The number of amides is 1. The van der Waals surface area contributed by atoms with Crippen molar-refractivity contribution in [3.05, 3.63) is 83.3 Å². The van der Waals surface area contributed by atoms with Crippen molar-refractivity contribution in [2.24, 2.45) is 0 Å². The maximum absolute atomic E-state index is 12.8. The lowest BCUT2D eigenvalue weighted by Crippen LogP contribution is -2.30. The number of aryl methyl sites for hydroxylation is 1. The van der Waals surface area contributed by atoms with Crippen LogP contribution in [0.4, 0.5) is 5.69 Å². The zero-order valence-electron chi connectivity index (χ0n) is 17.6. The number of aromatic nitrogens is 1. The number of anilines is 1. The molecule has 1 aliphatic rings. The van der Waals surface area contributed by atoms with E-state index in [0.29, 0.717) is 18.8 Å². The summed E-state index contributed by atoms with van der Waals surface area (Å²) < 4.78 is 28.3. The Labute approximate surface area is 187 Å². The fraction of sp³-hybridized carbons (Fsp3) is 0.250. The van der Waals surface area contributed by atoms with Gasteiger partial charge in [0.1, 0.15) is 0 Å². The number of carbonyl (C=O) groups excluding carboxylic acids is 1. The largest absolute Gasteiger partial charge is 0.325 e. The van der Waals surface area contributed by atoms with Crippen LogP contribution >= 0.6 is 0 Å². The first kappa shape index (κ1) is 22.0. The fourth-order valence-corrected chi connectivity index (χ4v) is 5.35. The summed E-state index contributed by atoms with van der Waals surface area (Å²) in [5.41, 5.74) is 2.22. The van der Waals surface area contributed by atoms with Crippen molar-refractivity contribution in [2.45, 2.75) is 30.7 Å². The molecule has 2 heterocycles. The van der Waals surface area contributed by atoms with Crippen molar-refractivity contribution in [1.82, 2.24) is 8.87 Å². The highest BCUT2D eigenvalue weighted by atomic mass is 32.2. The molecule has 0 atom stereocenters. The Morgan fingerprint density at radius 2 is 1.59 bits per heavy atom. The van der Waals surface area contributed by atoms with Gasteiger partial charge in [-0.2, -0.15) is 4.31 Å². The van der Waals surface area contributed by atoms with Gasteiger partial charge in [0.05, 0.1) is 4.90 Å². The molecule has 4 rings (SSSR count). The maximum Gasteiger partial charge on any atom is 0.250 e. The Hall–Kier alpha value is -3.23. The van der Waals surface area contributed by atoms with Crippen LogP contribution in [-0.2, 0) is 21.4 Å². The van der Waals surface area contributed by atoms with E-state index in [-0.39, 0.29) is 29.3 Å². The van der Waals surface area contributed by atoms with E-state index in [9.17, 15) is 18.0 Å². The van der Waals surface area contributed by atoms with Gasteiger partial charge in [-0.25, -0.2) is 8.42 Å². The predicted octanol–water partition coefficient (Wildman–Crippen LogP) is 3.33. The zero-order valence-corrected chi connectivity index (χ0v) is 18.4. The first-order valence-corrected chi connectivity index (χ1v) is 12.0. The molecule has 1 N–H and O–H groups in total. The van der Waals surface area contributed by atoms with E-state index in [2.05, 4.69) is 5.32 Å². The summed E-state index contributed by atoms with van der Waals surface area (Å²) in [7, 11) is -3.63. The normalized spacial score (nSPS) is 14.4. The molecule has 1 saturated heterocycles. The second-order valence-electron chi connectivity index (χ2n) is 7.72. The molecule has 0 radical (unpaired) electrons. The molecule has 1 aromatic heterocycles. The maximum atomic E-state index is 12.8. The van der Waals surface area contributed by atoms with E-state index < -0.39 is 10.0 Å². The van der Waals surface area contributed by atoms with Gasteiger partial charge >= 0.3 is 0 Å². The average Bonchev–Trinajstić information content (AvgIpc) is 3.35. The van der Waals surface area contributed by atoms with Crippen molar-refractivity contribution in [1.29, 1.82) is 0 Å². The van der Waals surface area contributed by atoms with E-state index in [1.54, 1.807) is 0 Å². The molecule has 1 amide bonds. The van der Waals surface area contributed by atoms with E-state index in [1.807, 2.05) is 54.6 Å². The molecule has 0 saturated carbocycles. The molecular weight excluding hydrogens is 426 g/mol. The lowest BCUT2D eigenvalue weighted by Gasteiger charge is -2.16. The van der Waals surface area contributed by atoms with E-state index in [1.165, 1.54) is 27.2 Å². The van der Waals surface area contributed by atoms with Gasteiger partial charge in [-0.15, -0.1) is 0 Å². The molecule has 1 aliphatic heterocycles. The summed E-state index contributed by atoms with van der Waals surface area (Å²) in [5, 5.41) is 2.91. The third kappa shape index (κ3) is 4.81. The highest BCUT2D eigenvalue weighted by Crippen LogP contribution is 2.27. The Morgan fingerprint density at radius 1 is 0.906 bits per heavy atom. The molecule has 0 spiro atoms. The standard InChI is InChI=1S/C24H25N3O4S/c28-23(25-22-11-5-4-10-21(22)19-8-2-1-3-9-19)14-17-26-18-20(12-13-24(26)29)32(30,31)27-15-6-7-16-27/h1-5,8-13,18H,6-7,14-17H2,(H,25,28). The molecule has 1 fully saturated rings. The third-order valence-corrected chi connectivity index (χ3v) is 7.41. The number of rotatable bonds is 7. The van der Waals surface area contributed by atoms with E-state index in [4.69, 9.17) is 0 Å². The van der Waals surface area contributed by atoms with Crippen LogP contribution in [0, 0.1) is 0 Å². The number of sulfonamides is 1. The van der Waals surface area contributed by atoms with Crippen LogP contribution in [-0.4, -0.2) is 36.3 Å². The number of hydrogen-bond donors (Lipinski definition) is 1. The monoisotopic (exact) mass is 451 g/mol. The van der Waals surface area contributed by atoms with Crippen LogP contribution in [0.3, 0.4) is 0 Å². The molecule has 0 bridgehead atoms. The van der Waals surface area contributed by atoms with Crippen molar-refractivity contribution >= 4 is 21.6 Å². The lowest BCUT2D eigenvalue weighted by atomic mass is 10.0. The minimum atomic E-state index is -3.63. The highest BCUT2D eigenvalue weighted by Gasteiger charge is 2.27. The van der Waals surface area contributed by atoms with E-state index >= 15 is 0 Å². The Bertz CT molecular complexity index is 1260. The minimum Gasteiger partial charge on any atom is -0.325 e. The van der Waals surface area contributed by atoms with Crippen molar-refractivity contribution in [3.63, 3.8) is 0 Å². The van der Waals surface area contributed by atoms with Crippen LogP contribution < -0.4 is 10.9 Å². The number of nitrogens with zero attached hydrogens (tertiary/aromatic N) is 2. The summed E-state index contributed by atoms with van der Waals surface area (Å²) in [6, 6.07) is 19.8. The summed E-state index contributed by atoms with van der Waals surface area (Å²) in [4.78, 5) is 24.9. The molecule has 8 heteroatoms. The Balaban J connectivity index is 1.47. The fourth-order valence-electron chi connectivity index (χ4n) is 3.81. The second kappa shape index (κ2) is 9.50. The first-order chi connectivity index (χ1) is 15.4. The van der Waals surface area contributed by atoms with Gasteiger partial charge < -0.3 is 9.88 Å². The predicted molar refractivity (Wildman–Crippen MR) is 124 cm³/mol. The quantitative estimate of drug-likeness (QED) is 0.597. The molecule has 2 aromatic carbocycles. The van der Waals surface area contributed by atoms with Crippen LogP contribution in [0.1, 0.15) is 19.3 Å². The number of benzene rings is 2. The van der Waals surface area contributed by atoms with Crippen molar-refractivity contribution < 1.29 is 13.2 Å². The Morgan fingerprint density at radius 3 is 2.34 bits per heavy atom.